The van der Waals surface area contributed by atoms with Crippen LogP contribution in [0.25, 0.3) is 0 Å². The maximum atomic E-state index is 9.13. The van der Waals surface area contributed by atoms with Crippen LogP contribution in [0.3, 0.4) is 0 Å². The maximum absolute atomic E-state index is 9.13. The van der Waals surface area contributed by atoms with Gasteiger partial charge in [0.2, 0.25) is 0 Å². The molecule has 0 bridgehead atoms. The number of benzene rings is 1. The molecule has 2 nitrogen and oxygen atoms in total. The van der Waals surface area contributed by atoms with Gasteiger partial charge in [0, 0.05) is 0 Å². The average molecular weight is 207 g/mol. The first-order valence-corrected chi connectivity index (χ1v) is 5.59. The van der Waals surface area contributed by atoms with Crippen LogP contribution in [0, 0.1) is 0 Å². The van der Waals surface area contributed by atoms with E-state index in [4.69, 9.17) is 10.8 Å². The highest BCUT2D eigenvalue weighted by molar-refractivity contribution is 5.36. The predicted molar refractivity (Wildman–Crippen MR) is 63.9 cm³/mol. The Balaban J connectivity index is 3.16. The number of nitrogens with two attached hydrogens (primary N) is 1. The molecule has 0 fully saturated rings. The summed E-state index contributed by atoms with van der Waals surface area (Å²) >= 11 is 0. The summed E-state index contributed by atoms with van der Waals surface area (Å²) in [4.78, 5) is 0. The van der Waals surface area contributed by atoms with Gasteiger partial charge in [0.25, 0.3) is 0 Å². The Labute approximate surface area is 92.1 Å². The lowest BCUT2D eigenvalue weighted by Crippen LogP contribution is -2.17. The number of rotatable bonds is 4. The smallest absolute Gasteiger partial charge is 0.0624 e. The van der Waals surface area contributed by atoms with E-state index in [0.29, 0.717) is 5.92 Å². The monoisotopic (exact) mass is 207 g/mol. The number of hydrogen-bond donors (Lipinski definition) is 2. The lowest BCUT2D eigenvalue weighted by Gasteiger charge is -2.18. The van der Waals surface area contributed by atoms with Crippen LogP contribution in [0.5, 0.6) is 0 Å². The van der Waals surface area contributed by atoms with E-state index in [1.807, 2.05) is 0 Å². The van der Waals surface area contributed by atoms with Gasteiger partial charge < -0.3 is 10.8 Å². The van der Waals surface area contributed by atoms with Crippen molar-refractivity contribution in [1.29, 1.82) is 0 Å². The summed E-state index contributed by atoms with van der Waals surface area (Å²) < 4.78 is 0. The molecule has 0 aliphatic carbocycles. The van der Waals surface area contributed by atoms with Gasteiger partial charge >= 0.3 is 0 Å². The molecule has 1 unspecified atom stereocenters. The van der Waals surface area contributed by atoms with Crippen LogP contribution in [0.2, 0.25) is 0 Å². The lowest BCUT2D eigenvalue weighted by atomic mass is 9.91. The molecule has 0 amide bonds. The minimum atomic E-state index is -0.256. The van der Waals surface area contributed by atoms with Crippen LogP contribution in [-0.4, -0.2) is 11.7 Å². The van der Waals surface area contributed by atoms with E-state index in [-0.39, 0.29) is 12.6 Å². The van der Waals surface area contributed by atoms with Gasteiger partial charge in [0.1, 0.15) is 0 Å². The summed E-state index contributed by atoms with van der Waals surface area (Å²) in [6, 6.07) is 6.14. The van der Waals surface area contributed by atoms with Crippen LogP contribution >= 0.6 is 0 Å². The van der Waals surface area contributed by atoms with Gasteiger partial charge in [-0.15, -0.1) is 0 Å². The minimum Gasteiger partial charge on any atom is -0.394 e. The van der Waals surface area contributed by atoms with Gasteiger partial charge in [-0.05, 0) is 29.0 Å². The third-order valence-corrected chi connectivity index (χ3v) is 2.78. The fourth-order valence-corrected chi connectivity index (χ4v) is 1.79. The third-order valence-electron chi connectivity index (χ3n) is 2.78. The fraction of sp³-hybridized carbons (Fsp3) is 0.538. The zero-order valence-electron chi connectivity index (χ0n) is 9.83. The molecule has 1 aromatic carbocycles. The zero-order chi connectivity index (χ0) is 11.4. The van der Waals surface area contributed by atoms with Crippen molar-refractivity contribution < 1.29 is 5.11 Å². The molecule has 0 heterocycles. The predicted octanol–water partition coefficient (Wildman–Crippen LogP) is 2.36. The topological polar surface area (TPSA) is 46.2 Å². The van der Waals surface area contributed by atoms with E-state index >= 15 is 0 Å². The summed E-state index contributed by atoms with van der Waals surface area (Å²) in [5.74, 6) is 0.448. The zero-order valence-corrected chi connectivity index (χ0v) is 9.83. The van der Waals surface area contributed by atoms with Gasteiger partial charge in [0.15, 0.2) is 0 Å². The second-order valence-corrected chi connectivity index (χ2v) is 4.26. The molecule has 0 aliphatic rings. The Hall–Kier alpha value is -0.860. The van der Waals surface area contributed by atoms with E-state index in [1.54, 1.807) is 0 Å². The van der Waals surface area contributed by atoms with Crippen LogP contribution in [-0.2, 0) is 6.42 Å². The summed E-state index contributed by atoms with van der Waals surface area (Å²) in [5, 5.41) is 9.13. The second-order valence-electron chi connectivity index (χ2n) is 4.26. The average Bonchev–Trinajstić information content (AvgIpc) is 2.26. The molecule has 0 radical (unpaired) electrons. The SMILES string of the molecule is CCc1ccc(C(C)C)c(C(N)CO)c1. The summed E-state index contributed by atoms with van der Waals surface area (Å²) in [5.41, 5.74) is 9.52. The highest BCUT2D eigenvalue weighted by atomic mass is 16.3. The molecule has 2 heteroatoms. The molecule has 0 spiro atoms. The highest BCUT2D eigenvalue weighted by Crippen LogP contribution is 2.25. The van der Waals surface area contributed by atoms with Crippen molar-refractivity contribution >= 4 is 0 Å². The molecule has 1 aromatic rings. The number of aryl methyl sites for hydroxylation is 1. The largest absolute Gasteiger partial charge is 0.394 e. The van der Waals surface area contributed by atoms with E-state index < -0.39 is 0 Å². The van der Waals surface area contributed by atoms with Gasteiger partial charge in [0.05, 0.1) is 12.6 Å². The van der Waals surface area contributed by atoms with Gasteiger partial charge in [-0.25, -0.2) is 0 Å². The molecule has 0 saturated carbocycles. The van der Waals surface area contributed by atoms with Crippen molar-refractivity contribution in [3.8, 4) is 0 Å². The molecule has 84 valence electrons. The molecular weight excluding hydrogens is 186 g/mol. The van der Waals surface area contributed by atoms with E-state index in [0.717, 1.165) is 12.0 Å². The van der Waals surface area contributed by atoms with E-state index in [9.17, 15) is 0 Å². The van der Waals surface area contributed by atoms with Crippen LogP contribution in [0.1, 0.15) is 49.4 Å². The van der Waals surface area contributed by atoms with Crippen molar-refractivity contribution in [1.82, 2.24) is 0 Å². The first-order chi connectivity index (χ1) is 7.10. The fourth-order valence-electron chi connectivity index (χ4n) is 1.79. The Morgan fingerprint density at radius 1 is 1.27 bits per heavy atom. The first-order valence-electron chi connectivity index (χ1n) is 5.59. The standard InChI is InChI=1S/C13H21NO/c1-4-10-5-6-11(9(2)3)12(7-10)13(14)8-15/h5-7,9,13,15H,4,8,14H2,1-3H3. The Kier molecular flexibility index (Phi) is 4.30. The normalized spacial score (nSPS) is 13.2. The van der Waals surface area contributed by atoms with E-state index in [2.05, 4.69) is 39.0 Å². The summed E-state index contributed by atoms with van der Waals surface area (Å²) in [6.45, 7) is 6.43. The van der Waals surface area contributed by atoms with Crippen LogP contribution in [0.15, 0.2) is 18.2 Å². The molecule has 0 aliphatic heterocycles. The molecule has 1 rings (SSSR count). The highest BCUT2D eigenvalue weighted by Gasteiger charge is 2.12. The van der Waals surface area contributed by atoms with Crippen LogP contribution < -0.4 is 5.73 Å². The summed E-state index contributed by atoms with van der Waals surface area (Å²) in [7, 11) is 0. The lowest BCUT2D eigenvalue weighted by molar-refractivity contribution is 0.267. The van der Waals surface area contributed by atoms with Gasteiger partial charge in [-0.3, -0.25) is 0 Å². The van der Waals surface area contributed by atoms with Crippen molar-refractivity contribution in [2.75, 3.05) is 6.61 Å². The quantitative estimate of drug-likeness (QED) is 0.796. The Morgan fingerprint density at radius 2 is 1.93 bits per heavy atom. The number of aliphatic hydroxyl groups excluding tert-OH is 1. The van der Waals surface area contributed by atoms with Gasteiger partial charge in [-0.1, -0.05) is 39.0 Å². The van der Waals surface area contributed by atoms with Crippen molar-refractivity contribution in [2.24, 2.45) is 5.73 Å². The third kappa shape index (κ3) is 2.80. The van der Waals surface area contributed by atoms with Crippen molar-refractivity contribution in [2.45, 2.75) is 39.2 Å². The molecule has 0 aromatic heterocycles. The number of aliphatic hydroxyl groups is 1. The van der Waals surface area contributed by atoms with Crippen LogP contribution in [0.4, 0.5) is 0 Å². The molecular formula is C13H21NO. The molecule has 3 N–H and O–H groups in total. The molecule has 0 saturated heterocycles. The number of hydrogen-bond acceptors (Lipinski definition) is 2. The Morgan fingerprint density at radius 3 is 2.40 bits per heavy atom. The summed E-state index contributed by atoms with van der Waals surface area (Å²) in [6.07, 6.45) is 1.00. The maximum Gasteiger partial charge on any atom is 0.0624 e. The molecule has 1 atom stereocenters. The van der Waals surface area contributed by atoms with E-state index in [1.165, 1.54) is 11.1 Å². The van der Waals surface area contributed by atoms with Crippen molar-refractivity contribution in [3.63, 3.8) is 0 Å². The second kappa shape index (κ2) is 5.29. The first kappa shape index (κ1) is 12.2. The molecule has 15 heavy (non-hydrogen) atoms. The van der Waals surface area contributed by atoms with Gasteiger partial charge in [-0.2, -0.15) is 0 Å². The van der Waals surface area contributed by atoms with Crippen molar-refractivity contribution in [3.05, 3.63) is 34.9 Å². The minimum absolute atomic E-state index is 0.00683. The Bertz CT molecular complexity index is 320.